The molecule has 0 bridgehead atoms. The van der Waals surface area contributed by atoms with E-state index in [2.05, 4.69) is 13.8 Å². The summed E-state index contributed by atoms with van der Waals surface area (Å²) in [5.41, 5.74) is 0.615. The van der Waals surface area contributed by atoms with Gasteiger partial charge >= 0.3 is 0 Å². The fourth-order valence-electron chi connectivity index (χ4n) is 7.93. The molecular formula is C21H32O3. The minimum Gasteiger partial charge on any atom is -0.347 e. The van der Waals surface area contributed by atoms with Gasteiger partial charge in [-0.05, 0) is 67.6 Å². The molecule has 1 aliphatic heterocycles. The molecule has 3 nitrogen and oxygen atoms in total. The van der Waals surface area contributed by atoms with Gasteiger partial charge in [-0.1, -0.05) is 13.8 Å². The van der Waals surface area contributed by atoms with Crippen molar-refractivity contribution in [2.45, 2.75) is 77.4 Å². The first-order chi connectivity index (χ1) is 11.5. The van der Waals surface area contributed by atoms with E-state index in [1.807, 2.05) is 0 Å². The Labute approximate surface area is 145 Å². The number of Topliss-reactive ketones (excluding diaryl/α,β-unsaturated/α-hetero) is 1. The Hall–Kier alpha value is -0.410. The van der Waals surface area contributed by atoms with Crippen LogP contribution in [0.5, 0.6) is 0 Å². The zero-order chi connectivity index (χ0) is 16.6. The zero-order valence-electron chi connectivity index (χ0n) is 15.3. The van der Waals surface area contributed by atoms with Gasteiger partial charge in [-0.15, -0.1) is 0 Å². The Bertz CT molecular complexity index is 551. The monoisotopic (exact) mass is 332 g/mol. The van der Waals surface area contributed by atoms with Gasteiger partial charge in [0.15, 0.2) is 5.79 Å². The third kappa shape index (κ3) is 1.84. The van der Waals surface area contributed by atoms with Crippen molar-refractivity contribution in [2.24, 2.45) is 34.5 Å². The highest BCUT2D eigenvalue weighted by Crippen LogP contribution is 2.69. The van der Waals surface area contributed by atoms with Crippen LogP contribution in [0.1, 0.15) is 71.6 Å². The summed E-state index contributed by atoms with van der Waals surface area (Å²) < 4.78 is 12.5. The molecule has 4 saturated carbocycles. The van der Waals surface area contributed by atoms with Gasteiger partial charge < -0.3 is 9.47 Å². The van der Waals surface area contributed by atoms with Gasteiger partial charge in [0.1, 0.15) is 5.78 Å². The zero-order valence-corrected chi connectivity index (χ0v) is 15.3. The van der Waals surface area contributed by atoms with Crippen molar-refractivity contribution < 1.29 is 14.3 Å². The average molecular weight is 332 g/mol. The molecule has 24 heavy (non-hydrogen) atoms. The standard InChI is InChI=1S/C21H32O3/c1-19-8-5-15(22)13-14(19)3-4-16-17(19)6-9-20(2)18(16)7-10-21(20)23-11-12-24-21/h14,16-18H,3-13H2,1-2H3/t14-,16-,17+,18-,19+,20-/m1/s1. The van der Waals surface area contributed by atoms with Crippen LogP contribution in [0.25, 0.3) is 0 Å². The number of hydrogen-bond acceptors (Lipinski definition) is 3. The van der Waals surface area contributed by atoms with Crippen molar-refractivity contribution in [2.75, 3.05) is 13.2 Å². The summed E-state index contributed by atoms with van der Waals surface area (Å²) in [4.78, 5) is 12.0. The van der Waals surface area contributed by atoms with Gasteiger partial charge in [-0.25, -0.2) is 0 Å². The molecule has 3 heteroatoms. The SMILES string of the molecule is C[C@]12CCC(=O)C[C@H]1CC[C@H]1[C@H]3CCC4(OCCO4)[C@]3(C)CC[C@@H]12. The number of fused-ring (bicyclic) bond motifs is 6. The Morgan fingerprint density at radius 2 is 1.67 bits per heavy atom. The van der Waals surface area contributed by atoms with E-state index in [4.69, 9.17) is 9.47 Å². The van der Waals surface area contributed by atoms with E-state index in [-0.39, 0.29) is 11.2 Å². The molecule has 0 radical (unpaired) electrons. The van der Waals surface area contributed by atoms with E-state index in [0.717, 1.165) is 56.7 Å². The fourth-order valence-corrected chi connectivity index (χ4v) is 7.93. The molecule has 0 N–H and O–H groups in total. The molecule has 5 aliphatic rings. The van der Waals surface area contributed by atoms with Crippen molar-refractivity contribution in [3.05, 3.63) is 0 Å². The van der Waals surface area contributed by atoms with E-state index >= 15 is 0 Å². The minimum absolute atomic E-state index is 0.207. The quantitative estimate of drug-likeness (QED) is 0.662. The number of rotatable bonds is 0. The lowest BCUT2D eigenvalue weighted by atomic mass is 9.45. The smallest absolute Gasteiger partial charge is 0.174 e. The van der Waals surface area contributed by atoms with Crippen molar-refractivity contribution in [3.63, 3.8) is 0 Å². The van der Waals surface area contributed by atoms with Gasteiger partial charge in [0, 0.05) is 24.7 Å². The maximum absolute atomic E-state index is 12.0. The lowest BCUT2D eigenvalue weighted by Crippen LogP contribution is -2.56. The van der Waals surface area contributed by atoms with Crippen LogP contribution in [0.4, 0.5) is 0 Å². The van der Waals surface area contributed by atoms with Gasteiger partial charge in [0.05, 0.1) is 13.2 Å². The molecule has 0 aromatic rings. The van der Waals surface area contributed by atoms with E-state index < -0.39 is 0 Å². The van der Waals surface area contributed by atoms with Gasteiger partial charge in [-0.2, -0.15) is 0 Å². The molecule has 6 atom stereocenters. The molecule has 0 unspecified atom stereocenters. The van der Waals surface area contributed by atoms with Crippen molar-refractivity contribution in [1.82, 2.24) is 0 Å². The third-order valence-electron chi connectivity index (χ3n) is 9.28. The van der Waals surface area contributed by atoms with Crippen LogP contribution >= 0.6 is 0 Å². The first kappa shape index (κ1) is 15.8. The van der Waals surface area contributed by atoms with Crippen LogP contribution in [0.2, 0.25) is 0 Å². The molecule has 0 aromatic heterocycles. The molecule has 1 heterocycles. The van der Waals surface area contributed by atoms with Crippen LogP contribution in [-0.4, -0.2) is 24.8 Å². The van der Waals surface area contributed by atoms with Crippen LogP contribution in [-0.2, 0) is 14.3 Å². The maximum Gasteiger partial charge on any atom is 0.174 e. The molecule has 0 amide bonds. The lowest BCUT2D eigenvalue weighted by molar-refractivity contribution is -0.246. The molecule has 5 rings (SSSR count). The summed E-state index contributed by atoms with van der Waals surface area (Å²) in [6.45, 7) is 6.54. The van der Waals surface area contributed by atoms with Crippen LogP contribution < -0.4 is 0 Å². The van der Waals surface area contributed by atoms with E-state index in [0.29, 0.717) is 17.1 Å². The molecule has 1 spiro atoms. The average Bonchev–Trinajstić information content (AvgIpc) is 3.15. The number of hydrogen-bond donors (Lipinski definition) is 0. The second-order valence-electron chi connectivity index (χ2n) is 9.84. The first-order valence-corrected chi connectivity index (χ1v) is 10.3. The van der Waals surface area contributed by atoms with E-state index in [1.54, 1.807) is 0 Å². The third-order valence-corrected chi connectivity index (χ3v) is 9.28. The fraction of sp³-hybridized carbons (Fsp3) is 0.952. The molecule has 0 aromatic carbocycles. The van der Waals surface area contributed by atoms with Crippen molar-refractivity contribution >= 4 is 5.78 Å². The minimum atomic E-state index is -0.275. The summed E-state index contributed by atoms with van der Waals surface area (Å²) in [6, 6.07) is 0. The number of carbonyl (C=O) groups is 1. The van der Waals surface area contributed by atoms with E-state index in [1.165, 1.54) is 32.1 Å². The second-order valence-corrected chi connectivity index (χ2v) is 9.84. The van der Waals surface area contributed by atoms with Gasteiger partial charge in [-0.3, -0.25) is 4.79 Å². The molecule has 4 aliphatic carbocycles. The highest BCUT2D eigenvalue weighted by atomic mass is 16.7. The lowest BCUT2D eigenvalue weighted by Gasteiger charge is -2.60. The van der Waals surface area contributed by atoms with E-state index in [9.17, 15) is 4.79 Å². The predicted octanol–water partition coefficient (Wildman–Crippen LogP) is 4.34. The maximum atomic E-state index is 12.0. The molecule has 134 valence electrons. The Kier molecular flexibility index (Phi) is 3.34. The summed E-state index contributed by atoms with van der Waals surface area (Å²) in [7, 11) is 0. The first-order valence-electron chi connectivity index (χ1n) is 10.3. The topological polar surface area (TPSA) is 35.5 Å². The summed E-state index contributed by atoms with van der Waals surface area (Å²) in [5.74, 6) is 3.29. The highest BCUT2D eigenvalue weighted by Gasteiger charge is 2.67. The summed E-state index contributed by atoms with van der Waals surface area (Å²) in [5, 5.41) is 0. The molecule has 5 fully saturated rings. The predicted molar refractivity (Wildman–Crippen MR) is 91.4 cm³/mol. The number of ketones is 1. The highest BCUT2D eigenvalue weighted by molar-refractivity contribution is 5.79. The van der Waals surface area contributed by atoms with Crippen molar-refractivity contribution in [3.8, 4) is 0 Å². The second kappa shape index (κ2) is 5.07. The largest absolute Gasteiger partial charge is 0.347 e. The Balaban J connectivity index is 1.46. The summed E-state index contributed by atoms with van der Waals surface area (Å²) >= 11 is 0. The van der Waals surface area contributed by atoms with Gasteiger partial charge in [0.2, 0.25) is 0 Å². The van der Waals surface area contributed by atoms with Crippen LogP contribution in [0.15, 0.2) is 0 Å². The molecule has 1 saturated heterocycles. The Morgan fingerprint density at radius 1 is 0.917 bits per heavy atom. The van der Waals surface area contributed by atoms with Crippen LogP contribution in [0.3, 0.4) is 0 Å². The Morgan fingerprint density at radius 3 is 2.46 bits per heavy atom. The number of carbonyl (C=O) groups excluding carboxylic acids is 1. The number of ether oxygens (including phenoxy) is 2. The normalized spacial score (nSPS) is 52.8. The summed E-state index contributed by atoms with van der Waals surface area (Å²) in [6.07, 6.45) is 10.3. The molecular weight excluding hydrogens is 300 g/mol. The van der Waals surface area contributed by atoms with Crippen LogP contribution in [0, 0.1) is 34.5 Å². The van der Waals surface area contributed by atoms with Crippen molar-refractivity contribution in [1.29, 1.82) is 0 Å². The van der Waals surface area contributed by atoms with Gasteiger partial charge in [0.25, 0.3) is 0 Å².